The Hall–Kier alpha value is -0.570. The molecule has 0 aliphatic rings. The van der Waals surface area contributed by atoms with Crippen molar-refractivity contribution in [3.8, 4) is 0 Å². The summed E-state index contributed by atoms with van der Waals surface area (Å²) in [6.45, 7) is 5.76. The van der Waals surface area contributed by atoms with Gasteiger partial charge in [0.25, 0.3) is 0 Å². The zero-order valence-electron chi connectivity index (χ0n) is 9.84. The first-order valence-electron chi connectivity index (χ1n) is 5.86. The molecule has 16 heavy (non-hydrogen) atoms. The van der Waals surface area contributed by atoms with Gasteiger partial charge in [-0.25, -0.2) is 0 Å². The SMILES string of the molecule is CCNCCCCOCc1ccc(Cl)cc1. The van der Waals surface area contributed by atoms with Gasteiger partial charge in [-0.2, -0.15) is 0 Å². The normalized spacial score (nSPS) is 10.6. The molecule has 3 heteroatoms. The van der Waals surface area contributed by atoms with Crippen LogP contribution in [0, 0.1) is 0 Å². The van der Waals surface area contributed by atoms with Crippen LogP contribution in [0.3, 0.4) is 0 Å². The summed E-state index contributed by atoms with van der Waals surface area (Å²) in [5.74, 6) is 0. The molecule has 0 saturated heterocycles. The van der Waals surface area contributed by atoms with E-state index in [2.05, 4.69) is 12.2 Å². The van der Waals surface area contributed by atoms with Gasteiger partial charge in [-0.15, -0.1) is 0 Å². The highest BCUT2D eigenvalue weighted by Crippen LogP contribution is 2.10. The summed E-state index contributed by atoms with van der Waals surface area (Å²) in [6.07, 6.45) is 2.29. The lowest BCUT2D eigenvalue weighted by Gasteiger charge is -2.05. The molecule has 0 aromatic heterocycles. The van der Waals surface area contributed by atoms with Gasteiger partial charge in [-0.05, 0) is 43.6 Å². The Balaban J connectivity index is 2.01. The zero-order valence-corrected chi connectivity index (χ0v) is 10.6. The summed E-state index contributed by atoms with van der Waals surface area (Å²) >= 11 is 5.80. The van der Waals surface area contributed by atoms with Crippen LogP contribution in [0.2, 0.25) is 5.02 Å². The van der Waals surface area contributed by atoms with Crippen LogP contribution < -0.4 is 5.32 Å². The molecule has 0 atom stereocenters. The van der Waals surface area contributed by atoms with Crippen LogP contribution in [-0.4, -0.2) is 19.7 Å². The summed E-state index contributed by atoms with van der Waals surface area (Å²) in [5, 5.41) is 4.07. The van der Waals surface area contributed by atoms with E-state index in [4.69, 9.17) is 16.3 Å². The lowest BCUT2D eigenvalue weighted by molar-refractivity contribution is 0.117. The van der Waals surface area contributed by atoms with Gasteiger partial charge in [0.15, 0.2) is 0 Å². The summed E-state index contributed by atoms with van der Waals surface area (Å²) in [5.41, 5.74) is 1.18. The van der Waals surface area contributed by atoms with Gasteiger partial charge in [0, 0.05) is 11.6 Å². The van der Waals surface area contributed by atoms with E-state index >= 15 is 0 Å². The van der Waals surface area contributed by atoms with Gasteiger partial charge in [0.2, 0.25) is 0 Å². The number of unbranched alkanes of at least 4 members (excludes halogenated alkanes) is 1. The van der Waals surface area contributed by atoms with Gasteiger partial charge in [-0.1, -0.05) is 30.7 Å². The number of hydrogen-bond acceptors (Lipinski definition) is 2. The molecule has 0 heterocycles. The Bertz CT molecular complexity index is 274. The predicted molar refractivity (Wildman–Crippen MR) is 68.9 cm³/mol. The largest absolute Gasteiger partial charge is 0.377 e. The number of nitrogens with one attached hydrogen (secondary N) is 1. The lowest BCUT2D eigenvalue weighted by atomic mass is 10.2. The quantitative estimate of drug-likeness (QED) is 0.706. The molecular weight excluding hydrogens is 222 g/mol. The topological polar surface area (TPSA) is 21.3 Å². The van der Waals surface area contributed by atoms with Crippen molar-refractivity contribution >= 4 is 11.6 Å². The first kappa shape index (κ1) is 13.5. The fourth-order valence-corrected chi connectivity index (χ4v) is 1.53. The molecular formula is C13H20ClNO. The van der Waals surface area contributed by atoms with Crippen LogP contribution in [0.1, 0.15) is 25.3 Å². The first-order chi connectivity index (χ1) is 7.83. The van der Waals surface area contributed by atoms with Crippen molar-refractivity contribution in [2.75, 3.05) is 19.7 Å². The number of ether oxygens (including phenoxy) is 1. The highest BCUT2D eigenvalue weighted by molar-refractivity contribution is 6.30. The third-order valence-electron chi connectivity index (χ3n) is 2.32. The summed E-state index contributed by atoms with van der Waals surface area (Å²) in [7, 11) is 0. The maximum absolute atomic E-state index is 5.80. The monoisotopic (exact) mass is 241 g/mol. The van der Waals surface area contributed by atoms with Gasteiger partial charge in [0.1, 0.15) is 0 Å². The van der Waals surface area contributed by atoms with Crippen molar-refractivity contribution in [1.82, 2.24) is 5.32 Å². The third kappa shape index (κ3) is 6.11. The highest BCUT2D eigenvalue weighted by atomic mass is 35.5. The molecule has 0 aliphatic heterocycles. The van der Waals surface area contributed by atoms with Crippen LogP contribution in [0.25, 0.3) is 0 Å². The van der Waals surface area contributed by atoms with Crippen LogP contribution in [0.4, 0.5) is 0 Å². The number of halogens is 1. The Morgan fingerprint density at radius 3 is 2.62 bits per heavy atom. The Kier molecular flexibility index (Phi) is 7.23. The van der Waals surface area contributed by atoms with Gasteiger partial charge < -0.3 is 10.1 Å². The molecule has 1 aromatic carbocycles. The van der Waals surface area contributed by atoms with Crippen molar-refractivity contribution in [3.63, 3.8) is 0 Å². The fraction of sp³-hybridized carbons (Fsp3) is 0.538. The average molecular weight is 242 g/mol. The van der Waals surface area contributed by atoms with E-state index in [0.29, 0.717) is 6.61 Å². The molecule has 0 spiro atoms. The second-order valence-electron chi connectivity index (χ2n) is 3.74. The van der Waals surface area contributed by atoms with Crippen molar-refractivity contribution in [2.24, 2.45) is 0 Å². The molecule has 0 amide bonds. The molecule has 0 fully saturated rings. The average Bonchev–Trinajstić information content (AvgIpc) is 2.30. The minimum absolute atomic E-state index is 0.679. The van der Waals surface area contributed by atoms with Crippen molar-refractivity contribution in [1.29, 1.82) is 0 Å². The standard InChI is InChI=1S/C13H20ClNO/c1-2-15-9-3-4-10-16-11-12-5-7-13(14)8-6-12/h5-8,15H,2-4,9-11H2,1H3. The van der Waals surface area contributed by atoms with E-state index < -0.39 is 0 Å². The van der Waals surface area contributed by atoms with E-state index in [1.807, 2.05) is 24.3 Å². The second kappa shape index (κ2) is 8.57. The second-order valence-corrected chi connectivity index (χ2v) is 4.18. The molecule has 2 nitrogen and oxygen atoms in total. The van der Waals surface area contributed by atoms with Crippen molar-refractivity contribution in [3.05, 3.63) is 34.9 Å². The minimum Gasteiger partial charge on any atom is -0.377 e. The van der Waals surface area contributed by atoms with Crippen LogP contribution in [-0.2, 0) is 11.3 Å². The van der Waals surface area contributed by atoms with E-state index in [-0.39, 0.29) is 0 Å². The third-order valence-corrected chi connectivity index (χ3v) is 2.58. The van der Waals surface area contributed by atoms with Crippen LogP contribution in [0.15, 0.2) is 24.3 Å². The van der Waals surface area contributed by atoms with Crippen molar-refractivity contribution in [2.45, 2.75) is 26.4 Å². The number of rotatable bonds is 8. The minimum atomic E-state index is 0.679. The molecule has 0 bridgehead atoms. The molecule has 1 rings (SSSR count). The van der Waals surface area contributed by atoms with E-state index in [0.717, 1.165) is 31.1 Å². The summed E-state index contributed by atoms with van der Waals surface area (Å²) in [4.78, 5) is 0. The maximum atomic E-state index is 5.80. The van der Waals surface area contributed by atoms with Gasteiger partial charge in [0.05, 0.1) is 6.61 Å². The van der Waals surface area contributed by atoms with E-state index in [1.165, 1.54) is 12.0 Å². The van der Waals surface area contributed by atoms with Gasteiger partial charge in [-0.3, -0.25) is 0 Å². The molecule has 1 aromatic rings. The fourth-order valence-electron chi connectivity index (χ4n) is 1.40. The Morgan fingerprint density at radius 1 is 1.19 bits per heavy atom. The molecule has 1 N–H and O–H groups in total. The van der Waals surface area contributed by atoms with E-state index in [1.54, 1.807) is 0 Å². The summed E-state index contributed by atoms with van der Waals surface area (Å²) < 4.78 is 5.57. The summed E-state index contributed by atoms with van der Waals surface area (Å²) in [6, 6.07) is 7.79. The number of hydrogen-bond donors (Lipinski definition) is 1. The first-order valence-corrected chi connectivity index (χ1v) is 6.23. The highest BCUT2D eigenvalue weighted by Gasteiger charge is 1.94. The Morgan fingerprint density at radius 2 is 1.94 bits per heavy atom. The smallest absolute Gasteiger partial charge is 0.0716 e. The molecule has 0 unspecified atom stereocenters. The zero-order chi connectivity index (χ0) is 11.6. The van der Waals surface area contributed by atoms with E-state index in [9.17, 15) is 0 Å². The van der Waals surface area contributed by atoms with Crippen LogP contribution >= 0.6 is 11.6 Å². The molecule has 90 valence electrons. The Labute approximate surface area is 103 Å². The predicted octanol–water partition coefficient (Wildman–Crippen LogP) is 3.25. The lowest BCUT2D eigenvalue weighted by Crippen LogP contribution is -2.14. The molecule has 0 aliphatic carbocycles. The van der Waals surface area contributed by atoms with Gasteiger partial charge >= 0.3 is 0 Å². The molecule has 0 saturated carbocycles. The maximum Gasteiger partial charge on any atom is 0.0716 e. The van der Waals surface area contributed by atoms with Crippen molar-refractivity contribution < 1.29 is 4.74 Å². The molecule has 0 radical (unpaired) electrons. The van der Waals surface area contributed by atoms with Crippen LogP contribution in [0.5, 0.6) is 0 Å². The number of benzene rings is 1.